The predicted molar refractivity (Wildman–Crippen MR) is 74.8 cm³/mol. The number of hydrogen-bond donors (Lipinski definition) is 3. The van der Waals surface area contributed by atoms with Crippen molar-refractivity contribution in [1.82, 2.24) is 15.6 Å². The molecule has 3 N–H and O–H groups in total. The normalized spacial score (nSPS) is 9.90. The van der Waals surface area contributed by atoms with Crippen molar-refractivity contribution in [1.29, 1.82) is 0 Å². The van der Waals surface area contributed by atoms with Gasteiger partial charge in [-0.2, -0.15) is 0 Å². The Morgan fingerprint density at radius 2 is 2.00 bits per heavy atom. The number of anilines is 1. The number of rotatable bonds is 6. The van der Waals surface area contributed by atoms with Crippen molar-refractivity contribution < 1.29 is 18.8 Å². The summed E-state index contributed by atoms with van der Waals surface area (Å²) >= 11 is 1.27. The summed E-state index contributed by atoms with van der Waals surface area (Å²) in [5.41, 5.74) is 0. The zero-order chi connectivity index (χ0) is 15.1. The highest BCUT2D eigenvalue weighted by molar-refractivity contribution is 7.13. The van der Waals surface area contributed by atoms with Crippen molar-refractivity contribution >= 4 is 34.2 Å². The van der Waals surface area contributed by atoms with Crippen LogP contribution in [0.25, 0.3) is 0 Å². The first-order valence-electron chi connectivity index (χ1n) is 5.93. The van der Waals surface area contributed by atoms with E-state index in [-0.39, 0.29) is 18.8 Å². The summed E-state index contributed by atoms with van der Waals surface area (Å²) in [7, 11) is 0. The fourth-order valence-corrected chi connectivity index (χ4v) is 1.89. The van der Waals surface area contributed by atoms with Gasteiger partial charge in [0, 0.05) is 11.6 Å². The van der Waals surface area contributed by atoms with Crippen LogP contribution in [0.1, 0.15) is 10.6 Å². The van der Waals surface area contributed by atoms with Crippen LogP contribution in [0.3, 0.4) is 0 Å². The Bertz CT molecular complexity index is 609. The van der Waals surface area contributed by atoms with Gasteiger partial charge in [0.15, 0.2) is 10.9 Å². The molecule has 0 saturated carbocycles. The molecule has 0 atom stereocenters. The number of thiazole rings is 1. The molecule has 0 fully saturated rings. The van der Waals surface area contributed by atoms with E-state index in [9.17, 15) is 14.4 Å². The molecule has 0 aliphatic heterocycles. The number of aromatic nitrogens is 1. The topological polar surface area (TPSA) is 113 Å². The van der Waals surface area contributed by atoms with E-state index in [2.05, 4.69) is 20.9 Å². The maximum Gasteiger partial charge on any atom is 0.287 e. The molecule has 0 unspecified atom stereocenters. The van der Waals surface area contributed by atoms with E-state index >= 15 is 0 Å². The summed E-state index contributed by atoms with van der Waals surface area (Å²) in [4.78, 5) is 38.3. The second-order valence-electron chi connectivity index (χ2n) is 3.82. The lowest BCUT2D eigenvalue weighted by atomic mass is 10.4. The first-order chi connectivity index (χ1) is 10.1. The molecule has 0 aromatic carbocycles. The second kappa shape index (κ2) is 7.20. The highest BCUT2D eigenvalue weighted by Crippen LogP contribution is 2.09. The zero-order valence-electron chi connectivity index (χ0n) is 10.8. The van der Waals surface area contributed by atoms with Crippen molar-refractivity contribution in [2.24, 2.45) is 0 Å². The first kappa shape index (κ1) is 14.7. The van der Waals surface area contributed by atoms with Gasteiger partial charge >= 0.3 is 0 Å². The van der Waals surface area contributed by atoms with E-state index in [4.69, 9.17) is 4.42 Å². The quantitative estimate of drug-likeness (QED) is 0.706. The van der Waals surface area contributed by atoms with E-state index in [1.54, 1.807) is 17.6 Å². The first-order valence-corrected chi connectivity index (χ1v) is 6.81. The Kier molecular flexibility index (Phi) is 5.04. The molecule has 21 heavy (non-hydrogen) atoms. The SMILES string of the molecule is O=C(CNC(=O)c1ccco1)NCC(=O)Nc1nccs1. The van der Waals surface area contributed by atoms with Gasteiger partial charge in [-0.15, -0.1) is 11.3 Å². The number of furan rings is 1. The van der Waals surface area contributed by atoms with Gasteiger partial charge in [0.25, 0.3) is 5.91 Å². The highest BCUT2D eigenvalue weighted by Gasteiger charge is 2.11. The number of nitrogens with one attached hydrogen (secondary N) is 3. The molecule has 0 aliphatic rings. The lowest BCUT2D eigenvalue weighted by molar-refractivity contribution is -0.123. The van der Waals surface area contributed by atoms with Crippen LogP contribution in [0.4, 0.5) is 5.13 Å². The summed E-state index contributed by atoms with van der Waals surface area (Å²) in [5, 5.41) is 9.44. The van der Waals surface area contributed by atoms with Crippen LogP contribution in [-0.2, 0) is 9.59 Å². The van der Waals surface area contributed by atoms with E-state index < -0.39 is 17.7 Å². The summed E-state index contributed by atoms with van der Waals surface area (Å²) in [6.45, 7) is -0.445. The number of hydrogen-bond acceptors (Lipinski definition) is 6. The fourth-order valence-electron chi connectivity index (χ4n) is 1.35. The van der Waals surface area contributed by atoms with Gasteiger partial charge < -0.3 is 20.4 Å². The molecule has 0 saturated heterocycles. The van der Waals surface area contributed by atoms with Gasteiger partial charge in [-0.05, 0) is 12.1 Å². The Morgan fingerprint density at radius 3 is 2.67 bits per heavy atom. The lowest BCUT2D eigenvalue weighted by Gasteiger charge is -2.05. The summed E-state index contributed by atoms with van der Waals surface area (Å²) in [5.74, 6) is -1.26. The fraction of sp³-hybridized carbons (Fsp3) is 0.167. The van der Waals surface area contributed by atoms with E-state index in [0.29, 0.717) is 5.13 Å². The molecule has 110 valence electrons. The third-order valence-electron chi connectivity index (χ3n) is 2.28. The average Bonchev–Trinajstić information content (AvgIpc) is 3.15. The minimum atomic E-state index is -0.498. The number of carbonyl (C=O) groups excluding carboxylic acids is 3. The van der Waals surface area contributed by atoms with E-state index in [1.807, 2.05) is 0 Å². The monoisotopic (exact) mass is 308 g/mol. The molecule has 2 rings (SSSR count). The van der Waals surface area contributed by atoms with Gasteiger partial charge in [-0.25, -0.2) is 4.98 Å². The molecule has 2 heterocycles. The molecule has 8 nitrogen and oxygen atoms in total. The van der Waals surface area contributed by atoms with Crippen molar-refractivity contribution in [3.8, 4) is 0 Å². The van der Waals surface area contributed by atoms with Crippen molar-refractivity contribution in [2.75, 3.05) is 18.4 Å². The van der Waals surface area contributed by atoms with Crippen LogP contribution in [0.15, 0.2) is 34.4 Å². The van der Waals surface area contributed by atoms with Gasteiger partial charge in [0.2, 0.25) is 11.8 Å². The smallest absolute Gasteiger partial charge is 0.287 e. The average molecular weight is 308 g/mol. The van der Waals surface area contributed by atoms with Crippen LogP contribution in [0, 0.1) is 0 Å². The predicted octanol–water partition coefficient (Wildman–Crippen LogP) is 0.221. The van der Waals surface area contributed by atoms with Crippen LogP contribution >= 0.6 is 11.3 Å². The van der Waals surface area contributed by atoms with Crippen LogP contribution in [-0.4, -0.2) is 35.8 Å². The summed E-state index contributed by atoms with van der Waals surface area (Å²) < 4.78 is 4.87. The minimum absolute atomic E-state index is 0.115. The van der Waals surface area contributed by atoms with Crippen molar-refractivity contribution in [3.05, 3.63) is 35.7 Å². The lowest BCUT2D eigenvalue weighted by Crippen LogP contribution is -2.40. The molecule has 2 aromatic heterocycles. The van der Waals surface area contributed by atoms with Gasteiger partial charge in [0.1, 0.15) is 0 Å². The standard InChI is InChI=1S/C12H12N4O4S/c17-9(6-15-11(19)8-2-1-4-20-8)14-7-10(18)16-12-13-3-5-21-12/h1-5H,6-7H2,(H,14,17)(H,15,19)(H,13,16,18). The molecular weight excluding hydrogens is 296 g/mol. The highest BCUT2D eigenvalue weighted by atomic mass is 32.1. The Balaban J connectivity index is 1.65. The Labute approximate surface area is 123 Å². The summed E-state index contributed by atoms with van der Waals surface area (Å²) in [6, 6.07) is 3.05. The largest absolute Gasteiger partial charge is 0.459 e. The van der Waals surface area contributed by atoms with Crippen molar-refractivity contribution in [2.45, 2.75) is 0 Å². The van der Waals surface area contributed by atoms with Gasteiger partial charge in [-0.1, -0.05) is 0 Å². The Morgan fingerprint density at radius 1 is 1.19 bits per heavy atom. The third-order valence-corrected chi connectivity index (χ3v) is 2.97. The van der Waals surface area contributed by atoms with Gasteiger partial charge in [-0.3, -0.25) is 14.4 Å². The van der Waals surface area contributed by atoms with Crippen molar-refractivity contribution in [3.63, 3.8) is 0 Å². The molecule has 9 heteroatoms. The summed E-state index contributed by atoms with van der Waals surface area (Å²) in [6.07, 6.45) is 2.92. The molecule has 0 aliphatic carbocycles. The number of nitrogens with zero attached hydrogens (tertiary/aromatic N) is 1. The van der Waals surface area contributed by atoms with Crippen LogP contribution < -0.4 is 16.0 Å². The van der Waals surface area contributed by atoms with Crippen LogP contribution in [0.2, 0.25) is 0 Å². The van der Waals surface area contributed by atoms with Crippen LogP contribution in [0.5, 0.6) is 0 Å². The second-order valence-corrected chi connectivity index (χ2v) is 4.72. The molecule has 2 aromatic rings. The molecule has 0 spiro atoms. The number of amides is 3. The molecule has 0 bridgehead atoms. The van der Waals surface area contributed by atoms with E-state index in [0.717, 1.165) is 0 Å². The maximum absolute atomic E-state index is 11.5. The zero-order valence-corrected chi connectivity index (χ0v) is 11.6. The maximum atomic E-state index is 11.5. The molecule has 3 amide bonds. The Hall–Kier alpha value is -2.68. The molecular formula is C12H12N4O4S. The number of carbonyl (C=O) groups is 3. The minimum Gasteiger partial charge on any atom is -0.459 e. The van der Waals surface area contributed by atoms with E-state index in [1.165, 1.54) is 23.7 Å². The van der Waals surface area contributed by atoms with Gasteiger partial charge in [0.05, 0.1) is 19.4 Å². The third kappa shape index (κ3) is 4.73. The molecule has 0 radical (unpaired) electrons.